The van der Waals surface area contributed by atoms with Crippen molar-refractivity contribution >= 4 is 23.2 Å². The van der Waals surface area contributed by atoms with E-state index >= 15 is 0 Å². The second kappa shape index (κ2) is 6.39. The summed E-state index contributed by atoms with van der Waals surface area (Å²) in [5.74, 6) is 0.160. The van der Waals surface area contributed by atoms with Crippen LogP contribution in [0, 0.1) is 12.7 Å². The summed E-state index contributed by atoms with van der Waals surface area (Å²) in [5.41, 5.74) is 1.13. The van der Waals surface area contributed by atoms with Gasteiger partial charge in [0.05, 0.1) is 16.9 Å². The van der Waals surface area contributed by atoms with Crippen LogP contribution in [0.15, 0.2) is 18.3 Å². The lowest BCUT2D eigenvalue weighted by atomic mass is 9.91. The molecule has 0 aromatic carbocycles. The normalized spacial score (nSPS) is 16.9. The quantitative estimate of drug-likeness (QED) is 0.912. The molecule has 0 bridgehead atoms. The Balaban J connectivity index is 1.56. The molecule has 5 nitrogen and oxygen atoms in total. The predicted octanol–water partition coefficient (Wildman–Crippen LogP) is 3.23. The molecule has 1 unspecified atom stereocenters. The number of fused-ring (bicyclic) bond motifs is 1. The van der Waals surface area contributed by atoms with Crippen molar-refractivity contribution in [2.75, 3.05) is 11.9 Å². The Kier molecular flexibility index (Phi) is 4.33. The maximum absolute atomic E-state index is 12.8. The minimum absolute atomic E-state index is 0.264. The van der Waals surface area contributed by atoms with Crippen LogP contribution in [0.5, 0.6) is 0 Å². The fourth-order valence-corrected chi connectivity index (χ4v) is 3.72. The molecular weight excluding hydrogens is 303 g/mol. The molecule has 7 heteroatoms. The number of aryl methyl sites for hydroxylation is 2. The Hall–Kier alpha value is -2.02. The highest BCUT2D eigenvalue weighted by atomic mass is 32.1. The number of halogens is 1. The lowest BCUT2D eigenvalue weighted by Crippen LogP contribution is -2.33. The monoisotopic (exact) mass is 320 g/mol. The molecule has 2 aromatic rings. The maximum atomic E-state index is 12.8. The van der Waals surface area contributed by atoms with Gasteiger partial charge < -0.3 is 5.32 Å². The zero-order chi connectivity index (χ0) is 15.5. The largest absolute Gasteiger partial charge is 0.337 e. The fourth-order valence-electron chi connectivity index (χ4n) is 2.65. The summed E-state index contributed by atoms with van der Waals surface area (Å²) < 4.78 is 12.8. The maximum Gasteiger partial charge on any atom is 0.320 e. The number of carbonyl (C=O) groups is 1. The van der Waals surface area contributed by atoms with Crippen molar-refractivity contribution in [2.24, 2.45) is 0 Å². The van der Waals surface area contributed by atoms with Crippen molar-refractivity contribution in [1.82, 2.24) is 15.3 Å². The predicted molar refractivity (Wildman–Crippen MR) is 83.7 cm³/mol. The number of hydrogen-bond donors (Lipinski definition) is 2. The number of urea groups is 1. The summed E-state index contributed by atoms with van der Waals surface area (Å²) in [7, 11) is 0. The number of aromatic nitrogens is 2. The lowest BCUT2D eigenvalue weighted by Gasteiger charge is -2.21. The molecule has 116 valence electrons. The van der Waals surface area contributed by atoms with Crippen molar-refractivity contribution in [3.05, 3.63) is 39.7 Å². The van der Waals surface area contributed by atoms with E-state index in [1.807, 2.05) is 6.92 Å². The molecule has 0 fully saturated rings. The van der Waals surface area contributed by atoms with Crippen LogP contribution in [-0.2, 0) is 6.42 Å². The van der Waals surface area contributed by atoms with Gasteiger partial charge in [-0.2, -0.15) is 0 Å². The number of pyridine rings is 1. The summed E-state index contributed by atoms with van der Waals surface area (Å²) in [6, 6.07) is 2.35. The highest BCUT2D eigenvalue weighted by molar-refractivity contribution is 7.11. The summed E-state index contributed by atoms with van der Waals surface area (Å²) in [4.78, 5) is 21.6. The van der Waals surface area contributed by atoms with E-state index in [4.69, 9.17) is 0 Å². The van der Waals surface area contributed by atoms with Crippen molar-refractivity contribution in [2.45, 2.75) is 32.1 Å². The molecule has 2 aromatic heterocycles. The van der Waals surface area contributed by atoms with Gasteiger partial charge in [0.1, 0.15) is 11.6 Å². The van der Waals surface area contributed by atoms with Crippen molar-refractivity contribution < 1.29 is 9.18 Å². The molecular formula is C15H17FN4OS. The van der Waals surface area contributed by atoms with Crippen LogP contribution >= 0.6 is 11.3 Å². The van der Waals surface area contributed by atoms with Gasteiger partial charge in [-0.1, -0.05) is 0 Å². The van der Waals surface area contributed by atoms with Crippen LogP contribution in [0.4, 0.5) is 15.0 Å². The van der Waals surface area contributed by atoms with E-state index in [1.165, 1.54) is 17.0 Å². The number of rotatable bonds is 3. The van der Waals surface area contributed by atoms with E-state index in [0.717, 1.165) is 36.2 Å². The number of carbonyl (C=O) groups excluding carboxylic acids is 1. The van der Waals surface area contributed by atoms with Gasteiger partial charge in [-0.15, -0.1) is 11.3 Å². The molecule has 2 heterocycles. The summed E-state index contributed by atoms with van der Waals surface area (Å²) in [6.07, 6.45) is 4.32. The average molecular weight is 320 g/mol. The standard InChI is InChI=1S/C15H17FN4OS/c1-9-19-14-10(3-2-4-12(14)22-9)7-18-15(21)20-13-6-5-11(16)8-17-13/h5-6,8,10H,2-4,7H2,1H3,(H2,17,18,20,21). The molecule has 22 heavy (non-hydrogen) atoms. The molecule has 0 aliphatic heterocycles. The molecule has 2 N–H and O–H groups in total. The third-order valence-corrected chi connectivity index (χ3v) is 4.70. The Morgan fingerprint density at radius 1 is 1.50 bits per heavy atom. The first-order valence-electron chi connectivity index (χ1n) is 7.24. The number of anilines is 1. The van der Waals surface area contributed by atoms with Gasteiger partial charge in [0, 0.05) is 17.3 Å². The molecule has 1 atom stereocenters. The SMILES string of the molecule is Cc1nc2c(s1)CCCC2CNC(=O)Nc1ccc(F)cn1. The van der Waals surface area contributed by atoms with Crippen LogP contribution in [0.1, 0.15) is 34.3 Å². The average Bonchev–Trinajstić information content (AvgIpc) is 2.88. The third kappa shape index (κ3) is 3.41. The van der Waals surface area contributed by atoms with Crippen LogP contribution in [-0.4, -0.2) is 22.5 Å². The molecule has 0 saturated carbocycles. The van der Waals surface area contributed by atoms with Crippen LogP contribution in [0.25, 0.3) is 0 Å². The number of nitrogens with one attached hydrogen (secondary N) is 2. The van der Waals surface area contributed by atoms with E-state index in [0.29, 0.717) is 12.4 Å². The van der Waals surface area contributed by atoms with Crippen LogP contribution in [0.2, 0.25) is 0 Å². The summed E-state index contributed by atoms with van der Waals surface area (Å²) in [5, 5.41) is 6.52. The highest BCUT2D eigenvalue weighted by Crippen LogP contribution is 2.34. The fraction of sp³-hybridized carbons (Fsp3) is 0.400. The second-order valence-electron chi connectivity index (χ2n) is 5.33. The number of nitrogens with zero attached hydrogens (tertiary/aromatic N) is 2. The first-order valence-corrected chi connectivity index (χ1v) is 8.06. The Labute approximate surface area is 132 Å². The van der Waals surface area contributed by atoms with Crippen molar-refractivity contribution in [3.8, 4) is 0 Å². The minimum atomic E-state index is -0.431. The smallest absolute Gasteiger partial charge is 0.320 e. The molecule has 1 aliphatic rings. The van der Waals surface area contributed by atoms with Crippen LogP contribution < -0.4 is 10.6 Å². The van der Waals surface area contributed by atoms with Gasteiger partial charge in [-0.3, -0.25) is 5.32 Å². The van der Waals surface area contributed by atoms with Gasteiger partial charge in [0.2, 0.25) is 0 Å². The van der Waals surface area contributed by atoms with Gasteiger partial charge in [-0.25, -0.2) is 19.2 Å². The van der Waals surface area contributed by atoms with Gasteiger partial charge in [-0.05, 0) is 38.3 Å². The zero-order valence-corrected chi connectivity index (χ0v) is 13.0. The molecule has 2 amide bonds. The first kappa shape index (κ1) is 14.9. The van der Waals surface area contributed by atoms with Crippen LogP contribution in [0.3, 0.4) is 0 Å². The molecule has 0 saturated heterocycles. The third-order valence-electron chi connectivity index (χ3n) is 3.66. The van der Waals surface area contributed by atoms with Crippen molar-refractivity contribution in [3.63, 3.8) is 0 Å². The van der Waals surface area contributed by atoms with Gasteiger partial charge in [0.15, 0.2) is 0 Å². The molecule has 1 aliphatic carbocycles. The number of hydrogen-bond acceptors (Lipinski definition) is 4. The van der Waals surface area contributed by atoms with E-state index < -0.39 is 5.82 Å². The first-order chi connectivity index (χ1) is 10.6. The lowest BCUT2D eigenvalue weighted by molar-refractivity contribution is 0.251. The summed E-state index contributed by atoms with van der Waals surface area (Å²) >= 11 is 1.75. The Morgan fingerprint density at radius 3 is 3.14 bits per heavy atom. The number of thiazole rings is 1. The summed E-state index contributed by atoms with van der Waals surface area (Å²) in [6.45, 7) is 2.56. The van der Waals surface area contributed by atoms with E-state index in [-0.39, 0.29) is 11.9 Å². The number of amides is 2. The van der Waals surface area contributed by atoms with E-state index in [9.17, 15) is 9.18 Å². The highest BCUT2D eigenvalue weighted by Gasteiger charge is 2.24. The van der Waals surface area contributed by atoms with Crippen molar-refractivity contribution in [1.29, 1.82) is 0 Å². The van der Waals surface area contributed by atoms with E-state index in [1.54, 1.807) is 11.3 Å². The van der Waals surface area contributed by atoms with E-state index in [2.05, 4.69) is 20.6 Å². The second-order valence-corrected chi connectivity index (χ2v) is 6.61. The molecule has 3 rings (SSSR count). The Bertz CT molecular complexity index is 671. The zero-order valence-electron chi connectivity index (χ0n) is 12.2. The minimum Gasteiger partial charge on any atom is -0.337 e. The molecule has 0 radical (unpaired) electrons. The topological polar surface area (TPSA) is 66.9 Å². The molecule has 0 spiro atoms. The van der Waals surface area contributed by atoms with Gasteiger partial charge >= 0.3 is 6.03 Å². The Morgan fingerprint density at radius 2 is 2.36 bits per heavy atom. The van der Waals surface area contributed by atoms with Gasteiger partial charge in [0.25, 0.3) is 0 Å².